The molecule has 1 saturated heterocycles. The fourth-order valence-corrected chi connectivity index (χ4v) is 2.05. The van der Waals surface area contributed by atoms with E-state index < -0.39 is 0 Å². The molecule has 86 valence electrons. The van der Waals surface area contributed by atoms with E-state index in [1.54, 1.807) is 17.0 Å². The zero-order valence-electron chi connectivity index (χ0n) is 8.69. The highest BCUT2D eigenvalue weighted by atomic mass is 79.9. The highest BCUT2D eigenvalue weighted by molar-refractivity contribution is 9.10. The first-order valence-electron chi connectivity index (χ1n) is 5.11. The number of amides is 1. The number of hydrogen-bond donors (Lipinski definition) is 2. The predicted molar refractivity (Wildman–Crippen MR) is 64.3 cm³/mol. The minimum absolute atomic E-state index is 0.0734. The molecule has 0 saturated carbocycles. The Balaban J connectivity index is 2.18. The normalized spacial score (nSPS) is 20.1. The molecule has 1 aliphatic rings. The minimum Gasteiger partial charge on any atom is -0.507 e. The van der Waals surface area contributed by atoms with Crippen molar-refractivity contribution in [2.24, 2.45) is 5.73 Å². The van der Waals surface area contributed by atoms with Crippen molar-refractivity contribution in [3.63, 3.8) is 0 Å². The molecule has 3 N–H and O–H groups in total. The van der Waals surface area contributed by atoms with Crippen LogP contribution in [0.1, 0.15) is 16.8 Å². The molecule has 2 rings (SSSR count). The van der Waals surface area contributed by atoms with Gasteiger partial charge in [-0.1, -0.05) is 0 Å². The number of aromatic hydroxyl groups is 1. The number of nitrogens with zero attached hydrogens (tertiary/aromatic N) is 1. The van der Waals surface area contributed by atoms with Gasteiger partial charge in [0.25, 0.3) is 5.91 Å². The number of hydrogen-bond acceptors (Lipinski definition) is 3. The molecule has 1 atom stereocenters. The molecule has 5 heteroatoms. The van der Waals surface area contributed by atoms with Crippen LogP contribution in [-0.4, -0.2) is 35.0 Å². The van der Waals surface area contributed by atoms with E-state index in [1.165, 1.54) is 6.07 Å². The van der Waals surface area contributed by atoms with Gasteiger partial charge in [-0.15, -0.1) is 0 Å². The summed E-state index contributed by atoms with van der Waals surface area (Å²) in [5.74, 6) is 0.00472. The molecule has 0 spiro atoms. The Morgan fingerprint density at radius 1 is 1.56 bits per heavy atom. The molecule has 0 aromatic heterocycles. The Hall–Kier alpha value is -1.07. The Labute approximate surface area is 102 Å². The highest BCUT2D eigenvalue weighted by Gasteiger charge is 2.24. The molecule has 4 nitrogen and oxygen atoms in total. The third-order valence-corrected chi connectivity index (χ3v) is 3.38. The molecular formula is C11H13BrN2O2. The maximum absolute atomic E-state index is 12.0. The lowest BCUT2D eigenvalue weighted by Gasteiger charge is -2.15. The van der Waals surface area contributed by atoms with E-state index in [2.05, 4.69) is 15.9 Å². The molecule has 1 amide bonds. The monoisotopic (exact) mass is 284 g/mol. The van der Waals surface area contributed by atoms with Crippen LogP contribution in [0, 0.1) is 0 Å². The van der Waals surface area contributed by atoms with Gasteiger partial charge in [0.1, 0.15) is 5.75 Å². The average Bonchev–Trinajstić information content (AvgIpc) is 2.68. The molecule has 0 unspecified atom stereocenters. The van der Waals surface area contributed by atoms with Crippen molar-refractivity contribution in [1.29, 1.82) is 0 Å². The molecule has 1 aliphatic heterocycles. The lowest BCUT2D eigenvalue weighted by molar-refractivity contribution is 0.0790. The second kappa shape index (κ2) is 4.43. The summed E-state index contributed by atoms with van der Waals surface area (Å²) < 4.78 is 0.585. The number of phenolic OH excluding ortho intramolecular Hbond substituents is 1. The van der Waals surface area contributed by atoms with Crippen LogP contribution in [0.4, 0.5) is 0 Å². The molecular weight excluding hydrogens is 272 g/mol. The molecule has 0 bridgehead atoms. The van der Waals surface area contributed by atoms with Crippen molar-refractivity contribution in [3.05, 3.63) is 28.2 Å². The fourth-order valence-electron chi connectivity index (χ4n) is 1.80. The van der Waals surface area contributed by atoms with E-state index in [0.717, 1.165) is 6.42 Å². The van der Waals surface area contributed by atoms with Gasteiger partial charge >= 0.3 is 0 Å². The first kappa shape index (κ1) is 11.4. The van der Waals surface area contributed by atoms with Crippen LogP contribution >= 0.6 is 15.9 Å². The number of carbonyl (C=O) groups excluding carboxylic acids is 1. The van der Waals surface area contributed by atoms with Gasteiger partial charge in [0.05, 0.1) is 4.47 Å². The van der Waals surface area contributed by atoms with Crippen LogP contribution in [0.25, 0.3) is 0 Å². The van der Waals surface area contributed by atoms with Crippen molar-refractivity contribution in [3.8, 4) is 5.75 Å². The topological polar surface area (TPSA) is 66.6 Å². The van der Waals surface area contributed by atoms with Crippen molar-refractivity contribution in [2.75, 3.05) is 13.1 Å². The van der Waals surface area contributed by atoms with E-state index in [0.29, 0.717) is 23.1 Å². The number of rotatable bonds is 1. The standard InChI is InChI=1S/C11H13BrN2O2/c12-9-2-1-7(5-10(9)15)11(16)14-4-3-8(13)6-14/h1-2,5,8,15H,3-4,6,13H2/t8-/m0/s1. The lowest BCUT2D eigenvalue weighted by atomic mass is 10.2. The summed E-state index contributed by atoms with van der Waals surface area (Å²) in [7, 11) is 0. The smallest absolute Gasteiger partial charge is 0.254 e. The molecule has 1 heterocycles. The van der Waals surface area contributed by atoms with Crippen LogP contribution in [0.2, 0.25) is 0 Å². The van der Waals surface area contributed by atoms with Gasteiger partial charge in [0.15, 0.2) is 0 Å². The Kier molecular flexibility index (Phi) is 3.16. The maximum atomic E-state index is 12.0. The maximum Gasteiger partial charge on any atom is 0.254 e. The summed E-state index contributed by atoms with van der Waals surface area (Å²) in [6.07, 6.45) is 0.842. The zero-order chi connectivity index (χ0) is 11.7. The van der Waals surface area contributed by atoms with E-state index in [1.807, 2.05) is 0 Å². The first-order chi connectivity index (χ1) is 7.58. The highest BCUT2D eigenvalue weighted by Crippen LogP contribution is 2.25. The molecule has 0 radical (unpaired) electrons. The quantitative estimate of drug-likeness (QED) is 0.818. The van der Waals surface area contributed by atoms with Gasteiger partial charge in [-0.3, -0.25) is 4.79 Å². The van der Waals surface area contributed by atoms with Crippen molar-refractivity contribution in [1.82, 2.24) is 4.90 Å². The van der Waals surface area contributed by atoms with Crippen molar-refractivity contribution < 1.29 is 9.90 Å². The van der Waals surface area contributed by atoms with Crippen LogP contribution < -0.4 is 5.73 Å². The summed E-state index contributed by atoms with van der Waals surface area (Å²) in [6, 6.07) is 4.90. The molecule has 16 heavy (non-hydrogen) atoms. The van der Waals surface area contributed by atoms with Gasteiger partial charge in [-0.2, -0.15) is 0 Å². The summed E-state index contributed by atoms with van der Waals surface area (Å²) in [6.45, 7) is 1.28. The molecule has 1 fully saturated rings. The fraction of sp³-hybridized carbons (Fsp3) is 0.364. The second-order valence-corrected chi connectivity index (χ2v) is 4.82. The Bertz CT molecular complexity index is 422. The zero-order valence-corrected chi connectivity index (χ0v) is 10.3. The average molecular weight is 285 g/mol. The van der Waals surface area contributed by atoms with E-state index in [9.17, 15) is 9.90 Å². The van der Waals surface area contributed by atoms with Crippen LogP contribution in [-0.2, 0) is 0 Å². The van der Waals surface area contributed by atoms with Gasteiger partial charge in [0.2, 0.25) is 0 Å². The van der Waals surface area contributed by atoms with Crippen LogP contribution in [0.5, 0.6) is 5.75 Å². The summed E-state index contributed by atoms with van der Waals surface area (Å²) in [5, 5.41) is 9.50. The number of nitrogens with two attached hydrogens (primary N) is 1. The summed E-state index contributed by atoms with van der Waals surface area (Å²) in [5.41, 5.74) is 6.24. The van der Waals surface area contributed by atoms with E-state index >= 15 is 0 Å². The third-order valence-electron chi connectivity index (χ3n) is 2.71. The van der Waals surface area contributed by atoms with Crippen LogP contribution in [0.3, 0.4) is 0 Å². The molecule has 0 aliphatic carbocycles. The predicted octanol–water partition coefficient (Wildman–Crippen LogP) is 1.33. The van der Waals surface area contributed by atoms with E-state index in [-0.39, 0.29) is 17.7 Å². The van der Waals surface area contributed by atoms with E-state index in [4.69, 9.17) is 5.73 Å². The first-order valence-corrected chi connectivity index (χ1v) is 5.90. The van der Waals surface area contributed by atoms with Gasteiger partial charge in [-0.05, 0) is 40.5 Å². The third kappa shape index (κ3) is 2.20. The number of likely N-dealkylation sites (tertiary alicyclic amines) is 1. The number of benzene rings is 1. The Morgan fingerprint density at radius 2 is 2.31 bits per heavy atom. The SMILES string of the molecule is N[C@H]1CCN(C(=O)c2ccc(Br)c(O)c2)C1. The number of carbonyl (C=O) groups is 1. The minimum atomic E-state index is -0.0734. The van der Waals surface area contributed by atoms with Crippen molar-refractivity contribution >= 4 is 21.8 Å². The largest absolute Gasteiger partial charge is 0.507 e. The van der Waals surface area contributed by atoms with Gasteiger partial charge in [0, 0.05) is 24.7 Å². The van der Waals surface area contributed by atoms with Gasteiger partial charge < -0.3 is 15.7 Å². The summed E-state index contributed by atoms with van der Waals surface area (Å²) in [4.78, 5) is 13.7. The van der Waals surface area contributed by atoms with Crippen molar-refractivity contribution in [2.45, 2.75) is 12.5 Å². The lowest BCUT2D eigenvalue weighted by Crippen LogP contribution is -2.31. The molecule has 1 aromatic carbocycles. The second-order valence-electron chi connectivity index (χ2n) is 3.97. The van der Waals surface area contributed by atoms with Crippen LogP contribution in [0.15, 0.2) is 22.7 Å². The van der Waals surface area contributed by atoms with Gasteiger partial charge in [-0.25, -0.2) is 0 Å². The Morgan fingerprint density at radius 3 is 2.88 bits per heavy atom. The molecule has 1 aromatic rings. The number of halogens is 1. The number of phenols is 1. The summed E-state index contributed by atoms with van der Waals surface area (Å²) >= 11 is 3.18.